The van der Waals surface area contributed by atoms with E-state index in [0.29, 0.717) is 10.8 Å². The van der Waals surface area contributed by atoms with Crippen LogP contribution in [0, 0.1) is 0 Å². The van der Waals surface area contributed by atoms with E-state index in [9.17, 15) is 14.4 Å². The van der Waals surface area contributed by atoms with Gasteiger partial charge in [-0.2, -0.15) is 0 Å². The van der Waals surface area contributed by atoms with Crippen LogP contribution in [-0.4, -0.2) is 65.3 Å². The van der Waals surface area contributed by atoms with Gasteiger partial charge >= 0.3 is 0 Å². The number of nitrogens with zero attached hydrogens (tertiary/aromatic N) is 3. The van der Waals surface area contributed by atoms with Crippen LogP contribution in [0.3, 0.4) is 0 Å². The molecule has 1 aliphatic rings. The molecule has 2 heterocycles. The van der Waals surface area contributed by atoms with E-state index < -0.39 is 0 Å². The van der Waals surface area contributed by atoms with E-state index in [0.717, 1.165) is 38.3 Å². The molecule has 8 heteroatoms. The number of hydrogen-bond acceptors (Lipinski definition) is 5. The van der Waals surface area contributed by atoms with Gasteiger partial charge < -0.3 is 10.2 Å². The van der Waals surface area contributed by atoms with Gasteiger partial charge in [0.1, 0.15) is 0 Å². The molecule has 8 nitrogen and oxygen atoms in total. The van der Waals surface area contributed by atoms with Gasteiger partial charge in [-0.05, 0) is 24.7 Å². The first kappa shape index (κ1) is 22.0. The molecule has 1 amide bonds. The van der Waals surface area contributed by atoms with Crippen LogP contribution in [0.25, 0.3) is 10.8 Å². The smallest absolute Gasteiger partial charge is 0.273 e. The minimum atomic E-state index is -0.335. The topological polar surface area (TPSA) is 90.4 Å². The van der Waals surface area contributed by atoms with Crippen molar-refractivity contribution >= 4 is 16.7 Å². The zero-order chi connectivity index (χ0) is 22.5. The Bertz CT molecular complexity index is 1180. The maximum absolute atomic E-state index is 12.8. The highest BCUT2D eigenvalue weighted by atomic mass is 16.2. The van der Waals surface area contributed by atoms with Gasteiger partial charge in [-0.3, -0.25) is 24.4 Å². The maximum Gasteiger partial charge on any atom is 0.273 e. The molecule has 1 saturated heterocycles. The Morgan fingerprint density at radius 1 is 0.969 bits per heavy atom. The number of benzene rings is 2. The number of nitrogens with one attached hydrogen (secondary N) is 2. The second-order valence-electron chi connectivity index (χ2n) is 8.33. The summed E-state index contributed by atoms with van der Waals surface area (Å²) >= 11 is 0. The zero-order valence-corrected chi connectivity index (χ0v) is 18.3. The van der Waals surface area contributed by atoms with Crippen molar-refractivity contribution in [1.29, 1.82) is 0 Å². The molecule has 0 radical (unpaired) electrons. The van der Waals surface area contributed by atoms with Gasteiger partial charge in [-0.25, -0.2) is 4.68 Å². The van der Waals surface area contributed by atoms with Crippen LogP contribution in [-0.2, 0) is 11.3 Å². The molecule has 0 saturated carbocycles. The predicted molar refractivity (Wildman–Crippen MR) is 125 cm³/mol. The molecule has 0 bridgehead atoms. The Morgan fingerprint density at radius 2 is 1.62 bits per heavy atom. The molecular formula is C24H29N5O3. The number of fused-ring (bicyclic) bond motifs is 1. The Hall–Kier alpha value is -3.23. The minimum absolute atomic E-state index is 0.0975. The van der Waals surface area contributed by atoms with E-state index in [1.807, 2.05) is 30.3 Å². The van der Waals surface area contributed by atoms with Gasteiger partial charge in [0.25, 0.3) is 11.1 Å². The molecule has 1 fully saturated rings. The quantitative estimate of drug-likeness (QED) is 0.582. The molecule has 0 spiro atoms. The molecule has 1 aromatic heterocycles. The standard InChI is InChI=1S/C24H29N5O3/c1-27-13-15-28(16-14-27)17-21(18-7-3-2-4-8-18)25-22(30)11-12-29-24(32)20-10-6-5-9-19(20)23(31)26-29/h2-10,21H,11-17H2,1H3,(H,25,30)(H,26,31). The van der Waals surface area contributed by atoms with Crippen LogP contribution >= 0.6 is 0 Å². The fourth-order valence-corrected chi connectivity index (χ4v) is 4.09. The summed E-state index contributed by atoms with van der Waals surface area (Å²) in [6.07, 6.45) is 0.0975. The van der Waals surface area contributed by atoms with Crippen molar-refractivity contribution in [2.45, 2.75) is 19.0 Å². The molecule has 2 aromatic carbocycles. The van der Waals surface area contributed by atoms with Crippen molar-refractivity contribution in [3.63, 3.8) is 0 Å². The number of likely N-dealkylation sites (N-methyl/N-ethyl adjacent to an activating group) is 1. The van der Waals surface area contributed by atoms with Gasteiger partial charge in [0.15, 0.2) is 0 Å². The number of rotatable bonds is 7. The molecule has 4 rings (SSSR count). The van der Waals surface area contributed by atoms with Crippen LogP contribution in [0.2, 0.25) is 0 Å². The number of carbonyl (C=O) groups excluding carboxylic acids is 1. The SMILES string of the molecule is CN1CCN(CC(NC(=O)CCn2[nH]c(=O)c3ccccc3c2=O)c2ccccc2)CC1. The number of aryl methyl sites for hydroxylation is 1. The van der Waals surface area contributed by atoms with Crippen LogP contribution in [0.15, 0.2) is 64.2 Å². The molecule has 1 aliphatic heterocycles. The monoisotopic (exact) mass is 435 g/mol. The fourth-order valence-electron chi connectivity index (χ4n) is 4.09. The zero-order valence-electron chi connectivity index (χ0n) is 18.3. The van der Waals surface area contributed by atoms with Crippen LogP contribution in [0.1, 0.15) is 18.0 Å². The molecule has 3 aromatic rings. The molecule has 32 heavy (non-hydrogen) atoms. The van der Waals surface area contributed by atoms with E-state index in [2.05, 4.69) is 27.3 Å². The van der Waals surface area contributed by atoms with Crippen molar-refractivity contribution in [3.05, 3.63) is 80.9 Å². The van der Waals surface area contributed by atoms with Gasteiger partial charge in [-0.15, -0.1) is 0 Å². The molecule has 0 aliphatic carbocycles. The van der Waals surface area contributed by atoms with E-state index in [4.69, 9.17) is 0 Å². The summed E-state index contributed by atoms with van der Waals surface area (Å²) in [5.74, 6) is -0.158. The van der Waals surface area contributed by atoms with Crippen molar-refractivity contribution in [2.75, 3.05) is 39.8 Å². The Morgan fingerprint density at radius 3 is 2.34 bits per heavy atom. The highest BCUT2D eigenvalue weighted by Gasteiger charge is 2.21. The predicted octanol–water partition coefficient (Wildman–Crippen LogP) is 1.18. The highest BCUT2D eigenvalue weighted by molar-refractivity contribution is 5.80. The van der Waals surface area contributed by atoms with Crippen LogP contribution in [0.4, 0.5) is 0 Å². The van der Waals surface area contributed by atoms with Crippen molar-refractivity contribution in [1.82, 2.24) is 24.9 Å². The third kappa shape index (κ3) is 5.15. The van der Waals surface area contributed by atoms with E-state index >= 15 is 0 Å². The summed E-state index contributed by atoms with van der Waals surface area (Å²) in [6.45, 7) is 4.78. The second kappa shape index (κ2) is 9.93. The lowest BCUT2D eigenvalue weighted by atomic mass is 10.1. The number of amides is 1. The van der Waals surface area contributed by atoms with Gasteiger partial charge in [0, 0.05) is 39.1 Å². The number of aromatic amines is 1. The Balaban J connectivity index is 1.44. The molecule has 1 unspecified atom stereocenters. The summed E-state index contributed by atoms with van der Waals surface area (Å²) in [5.41, 5.74) is 0.416. The lowest BCUT2D eigenvalue weighted by Crippen LogP contribution is -2.48. The van der Waals surface area contributed by atoms with Crippen LogP contribution in [0.5, 0.6) is 0 Å². The number of hydrogen-bond donors (Lipinski definition) is 2. The second-order valence-corrected chi connectivity index (χ2v) is 8.33. The van der Waals surface area contributed by atoms with Crippen molar-refractivity contribution in [2.24, 2.45) is 0 Å². The third-order valence-corrected chi connectivity index (χ3v) is 6.02. The first-order valence-electron chi connectivity index (χ1n) is 11.0. The Kier molecular flexibility index (Phi) is 6.82. The fraction of sp³-hybridized carbons (Fsp3) is 0.375. The molecular weight excluding hydrogens is 406 g/mol. The van der Waals surface area contributed by atoms with E-state index in [1.54, 1.807) is 24.3 Å². The highest BCUT2D eigenvalue weighted by Crippen LogP contribution is 2.16. The summed E-state index contributed by atoms with van der Waals surface area (Å²) < 4.78 is 1.22. The lowest BCUT2D eigenvalue weighted by Gasteiger charge is -2.35. The first-order valence-corrected chi connectivity index (χ1v) is 11.0. The van der Waals surface area contributed by atoms with Crippen molar-refractivity contribution in [3.8, 4) is 0 Å². The van der Waals surface area contributed by atoms with E-state index in [1.165, 1.54) is 4.68 Å². The largest absolute Gasteiger partial charge is 0.348 e. The number of aromatic nitrogens is 2. The molecule has 168 valence electrons. The summed E-state index contributed by atoms with van der Waals surface area (Å²) in [4.78, 5) is 42.4. The third-order valence-electron chi connectivity index (χ3n) is 6.02. The van der Waals surface area contributed by atoms with Crippen LogP contribution < -0.4 is 16.4 Å². The average Bonchev–Trinajstić information content (AvgIpc) is 2.82. The average molecular weight is 436 g/mol. The molecule has 1 atom stereocenters. The normalized spacial score (nSPS) is 16.2. The minimum Gasteiger partial charge on any atom is -0.348 e. The molecule has 2 N–H and O–H groups in total. The van der Waals surface area contributed by atoms with E-state index in [-0.39, 0.29) is 36.0 Å². The lowest BCUT2D eigenvalue weighted by molar-refractivity contribution is -0.122. The van der Waals surface area contributed by atoms with Gasteiger partial charge in [0.05, 0.1) is 23.4 Å². The summed E-state index contributed by atoms with van der Waals surface area (Å²) in [5, 5.41) is 6.43. The van der Waals surface area contributed by atoms with Gasteiger partial charge in [0.2, 0.25) is 5.91 Å². The summed E-state index contributed by atoms with van der Waals surface area (Å²) in [6, 6.07) is 16.5. The maximum atomic E-state index is 12.8. The Labute approximate surface area is 186 Å². The number of piperazine rings is 1. The number of carbonyl (C=O) groups is 1. The number of H-pyrrole nitrogens is 1. The van der Waals surface area contributed by atoms with Gasteiger partial charge in [-0.1, -0.05) is 42.5 Å². The first-order chi connectivity index (χ1) is 15.5. The van der Waals surface area contributed by atoms with Crippen molar-refractivity contribution < 1.29 is 4.79 Å². The summed E-state index contributed by atoms with van der Waals surface area (Å²) in [7, 11) is 2.12.